The van der Waals surface area contributed by atoms with Gasteiger partial charge in [0.2, 0.25) is 5.89 Å². The second-order valence-corrected chi connectivity index (χ2v) is 6.06. The van der Waals surface area contributed by atoms with E-state index < -0.39 is 0 Å². The van der Waals surface area contributed by atoms with Crippen LogP contribution < -0.4 is 0 Å². The third kappa shape index (κ3) is 2.90. The van der Waals surface area contributed by atoms with Crippen molar-refractivity contribution in [1.82, 2.24) is 20.1 Å². The molecule has 4 rings (SSSR count). The number of hydrogen-bond acceptors (Lipinski definition) is 7. The Balaban J connectivity index is 1.70. The Bertz CT molecular complexity index is 966. The molecule has 0 N–H and O–H groups in total. The van der Waals surface area contributed by atoms with Gasteiger partial charge in [-0.05, 0) is 18.2 Å². The van der Waals surface area contributed by atoms with Gasteiger partial charge in [0.05, 0.1) is 17.5 Å². The first-order valence-electron chi connectivity index (χ1n) is 7.58. The second-order valence-electron chi connectivity index (χ2n) is 5.09. The summed E-state index contributed by atoms with van der Waals surface area (Å²) < 4.78 is 10.7. The molecule has 7 heteroatoms. The van der Waals surface area contributed by atoms with Crippen LogP contribution in [0.2, 0.25) is 0 Å². The highest BCUT2D eigenvalue weighted by atomic mass is 32.2. The Kier molecular flexibility index (Phi) is 4.00. The Labute approximate surface area is 142 Å². The molecule has 0 amide bonds. The quantitative estimate of drug-likeness (QED) is 0.400. The number of fused-ring (bicyclic) bond motifs is 1. The van der Waals surface area contributed by atoms with Gasteiger partial charge in [0.25, 0.3) is 0 Å². The summed E-state index contributed by atoms with van der Waals surface area (Å²) >= 11 is 1.55. The van der Waals surface area contributed by atoms with E-state index in [4.69, 9.17) is 8.94 Å². The van der Waals surface area contributed by atoms with Crippen LogP contribution in [0.25, 0.3) is 22.5 Å². The molecule has 3 aromatic heterocycles. The summed E-state index contributed by atoms with van der Waals surface area (Å²) in [5.74, 6) is 3.09. The lowest BCUT2D eigenvalue weighted by molar-refractivity contribution is 0.385. The number of para-hydroxylation sites is 1. The number of nitrogens with zero attached hydrogens (tertiary/aromatic N) is 4. The molecule has 0 bridgehead atoms. The molecule has 6 nitrogen and oxygen atoms in total. The summed E-state index contributed by atoms with van der Waals surface area (Å²) in [4.78, 5) is 13.6. The maximum absolute atomic E-state index is 5.43. The normalized spacial score (nSPS) is 11.2. The van der Waals surface area contributed by atoms with Crippen LogP contribution in [0.5, 0.6) is 0 Å². The number of benzene rings is 1. The standard InChI is InChI=1S/C17H14N4O2S/c1-2-14-19-15(23-21-14)10-24-17-11-6-3-4-7-12(11)18-16(20-17)13-8-5-9-22-13/h3-9H,2,10H2,1H3. The summed E-state index contributed by atoms with van der Waals surface area (Å²) in [5, 5.41) is 5.78. The van der Waals surface area contributed by atoms with Crippen molar-refractivity contribution in [2.24, 2.45) is 0 Å². The van der Waals surface area contributed by atoms with Crippen LogP contribution in [0.4, 0.5) is 0 Å². The third-order valence-corrected chi connectivity index (χ3v) is 4.44. The highest BCUT2D eigenvalue weighted by Gasteiger charge is 2.13. The zero-order chi connectivity index (χ0) is 16.4. The molecule has 0 saturated heterocycles. The minimum absolute atomic E-state index is 0.561. The minimum atomic E-state index is 0.561. The molecule has 0 spiro atoms. The van der Waals surface area contributed by atoms with Crippen molar-refractivity contribution < 1.29 is 8.94 Å². The van der Waals surface area contributed by atoms with Gasteiger partial charge in [0, 0.05) is 11.8 Å². The molecule has 0 fully saturated rings. The van der Waals surface area contributed by atoms with Gasteiger partial charge in [-0.15, -0.1) is 0 Å². The average Bonchev–Trinajstić information content (AvgIpc) is 3.31. The molecule has 0 unspecified atom stereocenters. The zero-order valence-corrected chi connectivity index (χ0v) is 13.8. The number of furan rings is 1. The van der Waals surface area contributed by atoms with E-state index in [1.165, 1.54) is 0 Å². The molecule has 1 aromatic carbocycles. The number of hydrogen-bond donors (Lipinski definition) is 0. The maximum atomic E-state index is 5.43. The smallest absolute Gasteiger partial charge is 0.237 e. The van der Waals surface area contributed by atoms with Gasteiger partial charge in [0.1, 0.15) is 5.03 Å². The first kappa shape index (κ1) is 14.9. The monoisotopic (exact) mass is 338 g/mol. The number of aromatic nitrogens is 4. The van der Waals surface area contributed by atoms with Gasteiger partial charge < -0.3 is 8.94 Å². The molecule has 3 heterocycles. The second kappa shape index (κ2) is 6.45. The lowest BCUT2D eigenvalue weighted by atomic mass is 10.2. The topological polar surface area (TPSA) is 77.8 Å². The van der Waals surface area contributed by atoms with E-state index in [0.717, 1.165) is 28.2 Å². The van der Waals surface area contributed by atoms with Gasteiger partial charge in [-0.1, -0.05) is 42.0 Å². The molecule has 24 heavy (non-hydrogen) atoms. The molecule has 0 saturated carbocycles. The molecular formula is C17H14N4O2S. The lowest BCUT2D eigenvalue weighted by Crippen LogP contribution is -1.93. The van der Waals surface area contributed by atoms with E-state index in [1.807, 2.05) is 43.3 Å². The highest BCUT2D eigenvalue weighted by Crippen LogP contribution is 2.30. The van der Waals surface area contributed by atoms with Crippen LogP contribution in [-0.4, -0.2) is 20.1 Å². The first-order chi connectivity index (χ1) is 11.8. The van der Waals surface area contributed by atoms with Crippen molar-refractivity contribution in [3.63, 3.8) is 0 Å². The lowest BCUT2D eigenvalue weighted by Gasteiger charge is -2.06. The van der Waals surface area contributed by atoms with E-state index in [1.54, 1.807) is 18.0 Å². The Morgan fingerprint density at radius 2 is 1.96 bits per heavy atom. The van der Waals surface area contributed by atoms with Crippen molar-refractivity contribution in [3.05, 3.63) is 54.4 Å². The van der Waals surface area contributed by atoms with E-state index in [0.29, 0.717) is 23.2 Å². The maximum Gasteiger partial charge on any atom is 0.237 e. The largest absolute Gasteiger partial charge is 0.461 e. The molecular weight excluding hydrogens is 324 g/mol. The van der Waals surface area contributed by atoms with Crippen LogP contribution in [0, 0.1) is 0 Å². The predicted molar refractivity (Wildman–Crippen MR) is 90.5 cm³/mol. The van der Waals surface area contributed by atoms with E-state index in [9.17, 15) is 0 Å². The predicted octanol–water partition coefficient (Wildman–Crippen LogP) is 4.13. The van der Waals surface area contributed by atoms with E-state index in [-0.39, 0.29) is 0 Å². The van der Waals surface area contributed by atoms with Crippen LogP contribution in [0.15, 0.2) is 56.6 Å². The Morgan fingerprint density at radius 3 is 2.75 bits per heavy atom. The van der Waals surface area contributed by atoms with Crippen LogP contribution in [0.1, 0.15) is 18.6 Å². The van der Waals surface area contributed by atoms with Crippen LogP contribution in [-0.2, 0) is 12.2 Å². The number of thioether (sulfide) groups is 1. The van der Waals surface area contributed by atoms with Crippen molar-refractivity contribution in [2.75, 3.05) is 0 Å². The summed E-state index contributed by atoms with van der Waals surface area (Å²) in [6.07, 6.45) is 2.37. The Morgan fingerprint density at radius 1 is 1.04 bits per heavy atom. The average molecular weight is 338 g/mol. The molecule has 0 aliphatic carbocycles. The van der Waals surface area contributed by atoms with Gasteiger partial charge >= 0.3 is 0 Å². The zero-order valence-electron chi connectivity index (χ0n) is 13.0. The molecule has 0 atom stereocenters. The molecule has 120 valence electrons. The summed E-state index contributed by atoms with van der Waals surface area (Å²) in [7, 11) is 0. The van der Waals surface area contributed by atoms with Crippen molar-refractivity contribution in [3.8, 4) is 11.6 Å². The Hall–Kier alpha value is -2.67. The molecule has 4 aromatic rings. The van der Waals surface area contributed by atoms with Gasteiger partial charge in [0.15, 0.2) is 17.4 Å². The molecule has 0 aliphatic rings. The summed E-state index contributed by atoms with van der Waals surface area (Å²) in [6.45, 7) is 2.00. The minimum Gasteiger partial charge on any atom is -0.461 e. The molecule has 0 aliphatic heterocycles. The van der Waals surface area contributed by atoms with Crippen molar-refractivity contribution in [2.45, 2.75) is 24.1 Å². The molecule has 0 radical (unpaired) electrons. The number of rotatable bonds is 5. The van der Waals surface area contributed by atoms with Crippen LogP contribution in [0.3, 0.4) is 0 Å². The van der Waals surface area contributed by atoms with Gasteiger partial charge in [-0.25, -0.2) is 9.97 Å². The van der Waals surface area contributed by atoms with Gasteiger partial charge in [-0.3, -0.25) is 0 Å². The fourth-order valence-corrected chi connectivity index (χ4v) is 3.15. The number of aryl methyl sites for hydroxylation is 1. The third-order valence-electron chi connectivity index (χ3n) is 3.47. The SMILES string of the molecule is CCc1noc(CSc2nc(-c3ccco3)nc3ccccc23)n1. The summed E-state index contributed by atoms with van der Waals surface area (Å²) in [5.41, 5.74) is 0.876. The highest BCUT2D eigenvalue weighted by molar-refractivity contribution is 7.98. The van der Waals surface area contributed by atoms with E-state index in [2.05, 4.69) is 20.1 Å². The van der Waals surface area contributed by atoms with Crippen LogP contribution >= 0.6 is 11.8 Å². The van der Waals surface area contributed by atoms with E-state index >= 15 is 0 Å². The summed E-state index contributed by atoms with van der Waals surface area (Å²) in [6, 6.07) is 11.6. The first-order valence-corrected chi connectivity index (χ1v) is 8.57. The fourth-order valence-electron chi connectivity index (χ4n) is 2.30. The van der Waals surface area contributed by atoms with Gasteiger partial charge in [-0.2, -0.15) is 4.98 Å². The van der Waals surface area contributed by atoms with Crippen molar-refractivity contribution >= 4 is 22.7 Å². The van der Waals surface area contributed by atoms with Crippen molar-refractivity contribution in [1.29, 1.82) is 0 Å². The fraction of sp³-hybridized carbons (Fsp3) is 0.176.